The highest BCUT2D eigenvalue weighted by atomic mass is 19.1. The number of likely N-dealkylation sites (tertiary alicyclic amines) is 1. The molecule has 0 radical (unpaired) electrons. The van der Waals surface area contributed by atoms with Crippen molar-refractivity contribution in [2.45, 2.75) is 84.8 Å². The van der Waals surface area contributed by atoms with E-state index in [1.54, 1.807) is 0 Å². The lowest BCUT2D eigenvalue weighted by Crippen LogP contribution is -2.44. The van der Waals surface area contributed by atoms with Crippen molar-refractivity contribution in [1.82, 2.24) is 14.8 Å². The summed E-state index contributed by atoms with van der Waals surface area (Å²) < 4.78 is 16.3. The summed E-state index contributed by atoms with van der Waals surface area (Å²) in [6.45, 7) is 11.1. The third-order valence-electron chi connectivity index (χ3n) is 8.06. The quantitative estimate of drug-likeness (QED) is 0.573. The summed E-state index contributed by atoms with van der Waals surface area (Å²) in [7, 11) is 0. The van der Waals surface area contributed by atoms with Crippen molar-refractivity contribution in [2.75, 3.05) is 13.1 Å². The number of carbonyl (C=O) groups is 1. The molecule has 33 heavy (non-hydrogen) atoms. The van der Waals surface area contributed by atoms with E-state index in [2.05, 4.69) is 35.6 Å². The molecule has 4 rings (SSSR count). The Hall–Kier alpha value is -2.21. The second kappa shape index (κ2) is 9.57. The Morgan fingerprint density at radius 3 is 2.36 bits per heavy atom. The van der Waals surface area contributed by atoms with E-state index in [1.165, 1.54) is 51.0 Å². The Kier molecular flexibility index (Phi) is 6.94. The maximum Gasteiger partial charge on any atom is 0.217 e. The summed E-state index contributed by atoms with van der Waals surface area (Å²) in [4.78, 5) is 14.3. The van der Waals surface area contributed by atoms with Gasteiger partial charge in [-0.2, -0.15) is 0 Å². The number of rotatable bonds is 5. The number of amides is 1. The van der Waals surface area contributed by atoms with E-state index in [-0.39, 0.29) is 17.8 Å². The van der Waals surface area contributed by atoms with E-state index < -0.39 is 0 Å². The average molecular weight is 455 g/mol. The zero-order valence-corrected chi connectivity index (χ0v) is 20.6. The number of halogens is 1. The maximum atomic E-state index is 14.0. The zero-order chi connectivity index (χ0) is 23.8. The lowest BCUT2D eigenvalue weighted by Gasteiger charge is -2.44. The van der Waals surface area contributed by atoms with Crippen molar-refractivity contribution in [1.29, 1.82) is 5.41 Å². The van der Waals surface area contributed by atoms with Gasteiger partial charge in [-0.25, -0.2) is 4.39 Å². The normalized spacial score (nSPS) is 23.1. The summed E-state index contributed by atoms with van der Waals surface area (Å²) in [6, 6.07) is 5.83. The Morgan fingerprint density at radius 1 is 1.12 bits per heavy atom. The van der Waals surface area contributed by atoms with Crippen molar-refractivity contribution >= 4 is 23.0 Å². The third-order valence-corrected chi connectivity index (χ3v) is 8.06. The number of carbonyl (C=O) groups excluding carboxylic acids is 1. The van der Waals surface area contributed by atoms with Gasteiger partial charge in [0, 0.05) is 60.5 Å². The lowest BCUT2D eigenvalue weighted by atomic mass is 9.71. The molecule has 1 saturated carbocycles. The van der Waals surface area contributed by atoms with Crippen molar-refractivity contribution in [3.8, 4) is 0 Å². The van der Waals surface area contributed by atoms with Gasteiger partial charge in [0.2, 0.25) is 5.91 Å². The summed E-state index contributed by atoms with van der Waals surface area (Å²) in [5.74, 6) is 0.429. The average Bonchev–Trinajstić information content (AvgIpc) is 3.09. The molecule has 1 aliphatic carbocycles. The van der Waals surface area contributed by atoms with Crippen molar-refractivity contribution in [2.24, 2.45) is 11.3 Å². The molecule has 0 spiro atoms. The van der Waals surface area contributed by atoms with Gasteiger partial charge in [0.25, 0.3) is 0 Å². The summed E-state index contributed by atoms with van der Waals surface area (Å²) in [5, 5.41) is 11.7. The smallest absolute Gasteiger partial charge is 0.217 e. The molecule has 180 valence electrons. The Labute approximate surface area is 197 Å². The van der Waals surface area contributed by atoms with Crippen LogP contribution in [0, 0.1) is 22.6 Å². The van der Waals surface area contributed by atoms with Gasteiger partial charge in [-0.15, -0.1) is 0 Å². The summed E-state index contributed by atoms with van der Waals surface area (Å²) >= 11 is 0. The SMILES string of the molecule is CC(=O)NCc1c(C=N)c2cc(F)ccc2n1C1CCN(C2CCC(C(C)(C)C)CC2)CC1. The first-order valence-electron chi connectivity index (χ1n) is 12.5. The van der Waals surface area contributed by atoms with Crippen molar-refractivity contribution < 1.29 is 9.18 Å². The molecule has 1 saturated heterocycles. The Morgan fingerprint density at radius 2 is 1.79 bits per heavy atom. The molecule has 0 unspecified atom stereocenters. The van der Waals surface area contributed by atoms with Crippen LogP contribution in [0.5, 0.6) is 0 Å². The monoisotopic (exact) mass is 454 g/mol. The molecule has 2 fully saturated rings. The Balaban J connectivity index is 1.52. The number of hydrogen-bond donors (Lipinski definition) is 2. The first-order chi connectivity index (χ1) is 15.7. The van der Waals surface area contributed by atoms with E-state index >= 15 is 0 Å². The molecule has 2 N–H and O–H groups in total. The number of nitrogens with zero attached hydrogens (tertiary/aromatic N) is 2. The van der Waals surface area contributed by atoms with Gasteiger partial charge in [0.1, 0.15) is 5.82 Å². The molecule has 2 heterocycles. The molecule has 2 aromatic rings. The van der Waals surface area contributed by atoms with Crippen LogP contribution in [-0.4, -0.2) is 40.7 Å². The van der Waals surface area contributed by atoms with Crippen LogP contribution < -0.4 is 5.32 Å². The minimum absolute atomic E-state index is 0.102. The fourth-order valence-electron chi connectivity index (χ4n) is 6.15. The number of benzene rings is 1. The number of fused-ring (bicyclic) bond motifs is 1. The standard InChI is InChI=1S/C27H39FN4O/c1-18(33)30-17-26-24(16-29)23-15-20(28)7-10-25(23)32(26)22-11-13-31(14-12-22)21-8-5-19(6-9-21)27(2,3)4/h7,10,15-16,19,21-22,29H,5-6,8-9,11-14,17H2,1-4H3,(H,30,33). The fraction of sp³-hybridized carbons (Fsp3) is 0.630. The fourth-order valence-corrected chi connectivity index (χ4v) is 6.15. The predicted molar refractivity (Wildman–Crippen MR) is 132 cm³/mol. The highest BCUT2D eigenvalue weighted by Crippen LogP contribution is 2.40. The minimum atomic E-state index is -0.297. The first kappa shape index (κ1) is 23.9. The Bertz CT molecular complexity index is 1010. The third kappa shape index (κ3) is 5.01. The van der Waals surface area contributed by atoms with E-state index in [0.29, 0.717) is 23.6 Å². The van der Waals surface area contributed by atoms with Crippen LogP contribution in [0.3, 0.4) is 0 Å². The summed E-state index contributed by atoms with van der Waals surface area (Å²) in [5.41, 5.74) is 2.98. The minimum Gasteiger partial charge on any atom is -0.351 e. The maximum absolute atomic E-state index is 14.0. The highest BCUT2D eigenvalue weighted by Gasteiger charge is 2.34. The molecule has 1 amide bonds. The van der Waals surface area contributed by atoms with Crippen LogP contribution in [0.4, 0.5) is 4.39 Å². The van der Waals surface area contributed by atoms with E-state index in [9.17, 15) is 9.18 Å². The largest absolute Gasteiger partial charge is 0.351 e. The summed E-state index contributed by atoms with van der Waals surface area (Å²) in [6.07, 6.45) is 8.61. The van der Waals surface area contributed by atoms with Gasteiger partial charge >= 0.3 is 0 Å². The molecule has 6 heteroatoms. The number of nitrogens with one attached hydrogen (secondary N) is 2. The number of aromatic nitrogens is 1. The lowest BCUT2D eigenvalue weighted by molar-refractivity contribution is -0.119. The zero-order valence-electron chi connectivity index (χ0n) is 20.6. The van der Waals surface area contributed by atoms with E-state index in [0.717, 1.165) is 48.4 Å². The predicted octanol–water partition coefficient (Wildman–Crippen LogP) is 5.66. The van der Waals surface area contributed by atoms with Crippen LogP contribution >= 0.6 is 0 Å². The first-order valence-corrected chi connectivity index (χ1v) is 12.5. The molecular weight excluding hydrogens is 415 g/mol. The number of hydrogen-bond acceptors (Lipinski definition) is 3. The van der Waals surface area contributed by atoms with Crippen LogP contribution in [-0.2, 0) is 11.3 Å². The highest BCUT2D eigenvalue weighted by molar-refractivity contribution is 6.00. The van der Waals surface area contributed by atoms with Crippen LogP contribution in [0.15, 0.2) is 18.2 Å². The van der Waals surface area contributed by atoms with Crippen molar-refractivity contribution in [3.05, 3.63) is 35.3 Å². The van der Waals surface area contributed by atoms with Crippen LogP contribution in [0.25, 0.3) is 10.9 Å². The van der Waals surface area contributed by atoms with Crippen LogP contribution in [0.2, 0.25) is 0 Å². The molecule has 5 nitrogen and oxygen atoms in total. The van der Waals surface area contributed by atoms with E-state index in [1.807, 2.05) is 6.07 Å². The second-order valence-corrected chi connectivity index (χ2v) is 11.1. The molecule has 1 aliphatic heterocycles. The molecule has 2 aliphatic rings. The van der Waals surface area contributed by atoms with Crippen LogP contribution in [0.1, 0.15) is 83.5 Å². The molecule has 1 aromatic carbocycles. The van der Waals surface area contributed by atoms with E-state index in [4.69, 9.17) is 5.41 Å². The molecular formula is C27H39FN4O. The van der Waals surface area contributed by atoms with Gasteiger partial charge in [-0.1, -0.05) is 20.8 Å². The topological polar surface area (TPSA) is 61.1 Å². The van der Waals surface area contributed by atoms with Gasteiger partial charge in [-0.3, -0.25) is 4.79 Å². The second-order valence-electron chi connectivity index (χ2n) is 11.1. The van der Waals surface area contributed by atoms with Gasteiger partial charge < -0.3 is 20.2 Å². The molecule has 0 bridgehead atoms. The van der Waals surface area contributed by atoms with Crippen molar-refractivity contribution in [3.63, 3.8) is 0 Å². The number of piperidine rings is 1. The van der Waals surface area contributed by atoms with Gasteiger partial charge in [0.05, 0.1) is 6.54 Å². The molecule has 0 atom stereocenters. The van der Waals surface area contributed by atoms with Gasteiger partial charge in [0.15, 0.2) is 0 Å². The molecule has 1 aromatic heterocycles. The van der Waals surface area contributed by atoms with Gasteiger partial charge in [-0.05, 0) is 68.1 Å².